The summed E-state index contributed by atoms with van der Waals surface area (Å²) in [7, 11) is -4.28. The Labute approximate surface area is 297 Å². The molecule has 4 N–H and O–H groups in total. The summed E-state index contributed by atoms with van der Waals surface area (Å²) in [5.41, 5.74) is 3.76. The monoisotopic (exact) mass is 708 g/mol. The number of hydrogen-bond acceptors (Lipinski definition) is 9. The van der Waals surface area contributed by atoms with E-state index in [4.69, 9.17) is 9.47 Å². The molecule has 50 heavy (non-hydrogen) atoms. The van der Waals surface area contributed by atoms with E-state index in [0.29, 0.717) is 55.0 Å². The number of para-hydroxylation sites is 1. The molecule has 3 atom stereocenters. The van der Waals surface area contributed by atoms with Crippen LogP contribution >= 0.6 is 0 Å². The summed E-state index contributed by atoms with van der Waals surface area (Å²) in [6.45, 7) is 8.12. The molecule has 0 heterocycles. The Bertz CT molecular complexity index is 1630. The average Bonchev–Trinajstić information content (AvgIpc) is 3.08. The number of nitrogens with one attached hydrogen (secondary N) is 1. The fourth-order valence-electron chi connectivity index (χ4n) is 5.94. The van der Waals surface area contributed by atoms with Crippen LogP contribution in [0.15, 0.2) is 114 Å². The Morgan fingerprint density at radius 1 is 0.780 bits per heavy atom. The Morgan fingerprint density at radius 3 is 1.90 bits per heavy atom. The molecule has 0 bridgehead atoms. The van der Waals surface area contributed by atoms with Crippen LogP contribution in [0.2, 0.25) is 0 Å². The Kier molecular flexibility index (Phi) is 17.0. The van der Waals surface area contributed by atoms with Crippen LogP contribution < -0.4 is 5.32 Å². The second-order valence-corrected chi connectivity index (χ2v) is 13.7. The average molecular weight is 709 g/mol. The predicted octanol–water partition coefficient (Wildman–Crippen LogP) is 4.76. The minimum atomic E-state index is -4.28. The fourth-order valence-corrected chi connectivity index (χ4v) is 6.65. The lowest BCUT2D eigenvalue weighted by molar-refractivity contribution is -0.983. The molecule has 10 nitrogen and oxygen atoms in total. The second-order valence-electron chi connectivity index (χ2n) is 12.3. The molecule has 0 radical (unpaired) electrons. The van der Waals surface area contributed by atoms with Crippen molar-refractivity contribution in [3.63, 3.8) is 0 Å². The van der Waals surface area contributed by atoms with E-state index in [1.807, 2.05) is 68.4 Å². The van der Waals surface area contributed by atoms with Gasteiger partial charge in [0.1, 0.15) is 35.5 Å². The van der Waals surface area contributed by atoms with E-state index in [-0.39, 0.29) is 30.4 Å². The first-order chi connectivity index (χ1) is 24.0. The van der Waals surface area contributed by atoms with Crippen molar-refractivity contribution in [3.8, 4) is 5.75 Å². The number of phenols is 1. The molecule has 4 aromatic rings. The normalized spacial score (nSPS) is 13.6. The van der Waals surface area contributed by atoms with E-state index in [9.17, 15) is 28.3 Å². The van der Waals surface area contributed by atoms with Gasteiger partial charge in [-0.2, -0.15) is 0 Å². The van der Waals surface area contributed by atoms with E-state index in [2.05, 4.69) is 29.6 Å². The number of quaternary nitrogens is 1. The van der Waals surface area contributed by atoms with Crippen LogP contribution in [0.1, 0.15) is 36.1 Å². The number of rotatable bonds is 19. The minimum absolute atomic E-state index is 0.000533. The molecule has 0 aliphatic heterocycles. The Hall–Kier alpha value is -3.65. The standard InChI is InChI=1S/C32H44N2O5.C7H8O3S/c1-26(34(18-20-35,19-21-36)25-29-13-7-4-8-14-29)39-27(2)38-22-17-33-31(23-28-11-5-3-6-12-28)24-30-15-9-10-16-32(30)37;1-6-4-2-3-5-7(6)11(8,9)10/h3-16,26-27,31,33,35-36H,17-25H2,1-2H3;2-5H,1H3,(H,8,9,10). The molecule has 0 fully saturated rings. The van der Waals surface area contributed by atoms with E-state index in [1.165, 1.54) is 17.7 Å². The predicted molar refractivity (Wildman–Crippen MR) is 193 cm³/mol. The summed E-state index contributed by atoms with van der Waals surface area (Å²) in [6.07, 6.45) is 0.782. The van der Waals surface area contributed by atoms with Crippen molar-refractivity contribution in [3.05, 3.63) is 131 Å². The van der Waals surface area contributed by atoms with Gasteiger partial charge in [0.15, 0.2) is 12.5 Å². The highest BCUT2D eigenvalue weighted by Crippen LogP contribution is 2.22. The van der Waals surface area contributed by atoms with Crippen LogP contribution in [-0.2, 0) is 39.0 Å². The smallest absolute Gasteiger partial charge is 0.193 e. The van der Waals surface area contributed by atoms with Crippen molar-refractivity contribution in [2.75, 3.05) is 39.5 Å². The van der Waals surface area contributed by atoms with Crippen LogP contribution in [0, 0.1) is 6.92 Å². The van der Waals surface area contributed by atoms with Gasteiger partial charge in [0, 0.05) is 25.1 Å². The molecule has 0 amide bonds. The summed E-state index contributed by atoms with van der Waals surface area (Å²) in [6, 6.07) is 34.1. The summed E-state index contributed by atoms with van der Waals surface area (Å²) < 4.78 is 44.2. The number of aliphatic hydroxyl groups excluding tert-OH is 2. The summed E-state index contributed by atoms with van der Waals surface area (Å²) >= 11 is 0. The molecular formula is C39H52N2O8S. The van der Waals surface area contributed by atoms with Crippen LogP contribution in [-0.4, -0.2) is 90.8 Å². The molecule has 0 aromatic heterocycles. The van der Waals surface area contributed by atoms with Gasteiger partial charge in [-0.25, -0.2) is 8.42 Å². The molecular weight excluding hydrogens is 657 g/mol. The maximum Gasteiger partial charge on any atom is 0.193 e. The molecule has 4 rings (SSSR count). The lowest BCUT2D eigenvalue weighted by atomic mass is 9.98. The van der Waals surface area contributed by atoms with Gasteiger partial charge in [-0.3, -0.25) is 4.48 Å². The first kappa shape index (κ1) is 40.8. The third kappa shape index (κ3) is 13.6. The highest BCUT2D eigenvalue weighted by molar-refractivity contribution is 7.85. The highest BCUT2D eigenvalue weighted by atomic mass is 32.2. The largest absolute Gasteiger partial charge is 0.744 e. The zero-order valence-electron chi connectivity index (χ0n) is 29.2. The van der Waals surface area contributed by atoms with Gasteiger partial charge in [0.2, 0.25) is 0 Å². The minimum Gasteiger partial charge on any atom is -0.744 e. The third-order valence-electron chi connectivity index (χ3n) is 8.62. The van der Waals surface area contributed by atoms with Crippen molar-refractivity contribution in [2.24, 2.45) is 0 Å². The molecule has 0 saturated heterocycles. The quantitative estimate of drug-likeness (QED) is 0.0469. The van der Waals surface area contributed by atoms with Gasteiger partial charge in [0.05, 0.1) is 24.7 Å². The number of benzene rings is 4. The van der Waals surface area contributed by atoms with Crippen molar-refractivity contribution in [1.82, 2.24) is 5.32 Å². The number of aryl methyl sites for hydroxylation is 1. The van der Waals surface area contributed by atoms with Crippen molar-refractivity contribution >= 4 is 10.1 Å². The van der Waals surface area contributed by atoms with Gasteiger partial charge < -0.3 is 34.7 Å². The van der Waals surface area contributed by atoms with E-state index in [1.54, 1.807) is 25.1 Å². The molecule has 11 heteroatoms. The SMILES string of the molecule is CC(OCCNC(Cc1ccccc1)Cc1ccccc1O)OC(C)[N+](CCO)(CCO)Cc1ccccc1.Cc1ccccc1S(=O)(=O)[O-]. The molecule has 0 aliphatic rings. The lowest BCUT2D eigenvalue weighted by Crippen LogP contribution is -2.58. The number of aromatic hydroxyl groups is 1. The molecule has 3 unspecified atom stereocenters. The summed E-state index contributed by atoms with van der Waals surface area (Å²) in [5.74, 6) is 0.312. The number of phenolic OH excluding ortho intramolecular Hbond substituents is 1. The number of nitrogens with zero attached hydrogens (tertiary/aromatic N) is 1. The van der Waals surface area contributed by atoms with Crippen LogP contribution in [0.4, 0.5) is 0 Å². The van der Waals surface area contributed by atoms with Crippen molar-refractivity contribution < 1.29 is 42.2 Å². The number of hydrogen-bond donors (Lipinski definition) is 4. The zero-order chi connectivity index (χ0) is 36.4. The molecule has 0 saturated carbocycles. The van der Waals surface area contributed by atoms with Gasteiger partial charge in [0.25, 0.3) is 0 Å². The summed E-state index contributed by atoms with van der Waals surface area (Å²) in [5, 5.41) is 33.6. The first-order valence-electron chi connectivity index (χ1n) is 16.9. The topological polar surface area (TPSA) is 148 Å². The molecule has 4 aromatic carbocycles. The maximum atomic E-state index is 10.5. The summed E-state index contributed by atoms with van der Waals surface area (Å²) in [4.78, 5) is -0.139. The van der Waals surface area contributed by atoms with Crippen LogP contribution in [0.3, 0.4) is 0 Å². The lowest BCUT2D eigenvalue weighted by Gasteiger charge is -2.43. The molecule has 0 spiro atoms. The Balaban J connectivity index is 0.000000521. The van der Waals surface area contributed by atoms with E-state index >= 15 is 0 Å². The van der Waals surface area contributed by atoms with Crippen molar-refractivity contribution in [1.29, 1.82) is 0 Å². The third-order valence-corrected chi connectivity index (χ3v) is 9.62. The second kappa shape index (κ2) is 20.9. The van der Waals surface area contributed by atoms with Gasteiger partial charge >= 0.3 is 0 Å². The molecule has 0 aliphatic carbocycles. The number of aliphatic hydroxyl groups is 2. The fraction of sp³-hybridized carbons (Fsp3) is 0.385. The van der Waals surface area contributed by atoms with Crippen LogP contribution in [0.5, 0.6) is 5.75 Å². The van der Waals surface area contributed by atoms with E-state index in [0.717, 1.165) is 17.5 Å². The Morgan fingerprint density at radius 2 is 1.34 bits per heavy atom. The number of ether oxygens (including phenoxy) is 2. The maximum absolute atomic E-state index is 10.5. The van der Waals surface area contributed by atoms with Gasteiger partial charge in [-0.15, -0.1) is 0 Å². The molecule has 272 valence electrons. The highest BCUT2D eigenvalue weighted by Gasteiger charge is 2.35. The first-order valence-corrected chi connectivity index (χ1v) is 18.3. The van der Waals surface area contributed by atoms with Crippen LogP contribution in [0.25, 0.3) is 0 Å². The van der Waals surface area contributed by atoms with Gasteiger partial charge in [-0.05, 0) is 55.5 Å². The van der Waals surface area contributed by atoms with E-state index < -0.39 is 16.4 Å². The van der Waals surface area contributed by atoms with Crippen molar-refractivity contribution in [2.45, 2.75) is 63.6 Å². The van der Waals surface area contributed by atoms with Gasteiger partial charge in [-0.1, -0.05) is 97.1 Å². The zero-order valence-corrected chi connectivity index (χ0v) is 30.0.